The van der Waals surface area contributed by atoms with Crippen LogP contribution in [0.5, 0.6) is 0 Å². The van der Waals surface area contributed by atoms with Gasteiger partial charge in [0.1, 0.15) is 0 Å². The number of rotatable bonds is 2. The molecule has 0 radical (unpaired) electrons. The van der Waals surface area contributed by atoms with E-state index in [0.717, 1.165) is 12.0 Å². The molecule has 1 N–H and O–H groups in total. The molecule has 1 aliphatic heterocycles. The van der Waals surface area contributed by atoms with Crippen LogP contribution in [0, 0.1) is 16.0 Å². The predicted octanol–water partition coefficient (Wildman–Crippen LogP) is 4.42. The highest BCUT2D eigenvalue weighted by molar-refractivity contribution is 5.59. The van der Waals surface area contributed by atoms with Crippen molar-refractivity contribution >= 4 is 11.4 Å². The van der Waals surface area contributed by atoms with E-state index >= 15 is 0 Å². The first-order valence-electron chi connectivity index (χ1n) is 7.50. The summed E-state index contributed by atoms with van der Waals surface area (Å²) in [5, 5.41) is 14.4. The number of nitrogens with one attached hydrogen (secondary N) is 1. The average Bonchev–Trinajstić information content (AvgIpc) is 3.04. The molecule has 0 fully saturated rings. The smallest absolute Gasteiger partial charge is 0.269 e. The Kier molecular flexibility index (Phi) is 2.96. The Balaban J connectivity index is 1.72. The van der Waals surface area contributed by atoms with Gasteiger partial charge in [-0.25, -0.2) is 0 Å². The number of benzene rings is 2. The second-order valence-electron chi connectivity index (χ2n) is 5.91. The minimum absolute atomic E-state index is 0.140. The van der Waals surface area contributed by atoms with Crippen molar-refractivity contribution in [2.45, 2.75) is 18.4 Å². The maximum Gasteiger partial charge on any atom is 0.269 e. The van der Waals surface area contributed by atoms with Crippen molar-refractivity contribution in [3.05, 3.63) is 81.9 Å². The van der Waals surface area contributed by atoms with Crippen LogP contribution in [0.3, 0.4) is 0 Å². The molecule has 2 aromatic carbocycles. The maximum absolute atomic E-state index is 10.8. The summed E-state index contributed by atoms with van der Waals surface area (Å²) < 4.78 is 0. The van der Waals surface area contributed by atoms with Crippen molar-refractivity contribution in [1.29, 1.82) is 0 Å². The molecule has 4 heteroatoms. The van der Waals surface area contributed by atoms with Gasteiger partial charge in [-0.1, -0.05) is 42.5 Å². The van der Waals surface area contributed by atoms with Gasteiger partial charge in [-0.3, -0.25) is 10.1 Å². The third kappa shape index (κ3) is 1.99. The van der Waals surface area contributed by atoms with Crippen LogP contribution in [-0.2, 0) is 0 Å². The molecule has 4 nitrogen and oxygen atoms in total. The summed E-state index contributed by atoms with van der Waals surface area (Å²) in [7, 11) is 0. The topological polar surface area (TPSA) is 55.2 Å². The lowest BCUT2D eigenvalue weighted by atomic mass is 9.77. The van der Waals surface area contributed by atoms with Crippen molar-refractivity contribution in [3.63, 3.8) is 0 Å². The van der Waals surface area contributed by atoms with Crippen LogP contribution in [0.1, 0.15) is 29.5 Å². The Morgan fingerprint density at radius 2 is 1.86 bits per heavy atom. The van der Waals surface area contributed by atoms with Gasteiger partial charge in [0.25, 0.3) is 5.69 Å². The second kappa shape index (κ2) is 4.98. The van der Waals surface area contributed by atoms with Gasteiger partial charge in [-0.05, 0) is 29.5 Å². The van der Waals surface area contributed by atoms with Crippen molar-refractivity contribution in [2.75, 3.05) is 5.32 Å². The molecule has 0 unspecified atom stereocenters. The second-order valence-corrected chi connectivity index (χ2v) is 5.91. The van der Waals surface area contributed by atoms with E-state index < -0.39 is 0 Å². The zero-order valence-electron chi connectivity index (χ0n) is 12.0. The van der Waals surface area contributed by atoms with Gasteiger partial charge in [0, 0.05) is 23.7 Å². The highest BCUT2D eigenvalue weighted by Gasteiger charge is 2.37. The molecular weight excluding hydrogens is 276 g/mol. The summed E-state index contributed by atoms with van der Waals surface area (Å²) in [5.41, 5.74) is 3.76. The molecule has 3 atom stereocenters. The van der Waals surface area contributed by atoms with Crippen LogP contribution in [0.15, 0.2) is 60.7 Å². The average molecular weight is 292 g/mol. The maximum atomic E-state index is 10.8. The summed E-state index contributed by atoms with van der Waals surface area (Å²) >= 11 is 0. The summed E-state index contributed by atoms with van der Waals surface area (Å²) in [6.45, 7) is 0. The van der Waals surface area contributed by atoms with E-state index in [-0.39, 0.29) is 16.7 Å². The van der Waals surface area contributed by atoms with Crippen LogP contribution in [0.25, 0.3) is 0 Å². The lowest BCUT2D eigenvalue weighted by Crippen LogP contribution is -2.28. The number of nitro groups is 1. The molecule has 1 aliphatic carbocycles. The summed E-state index contributed by atoms with van der Waals surface area (Å²) in [6.07, 6.45) is 5.58. The summed E-state index contributed by atoms with van der Waals surface area (Å²) in [5.74, 6) is 0.897. The lowest BCUT2D eigenvalue weighted by molar-refractivity contribution is -0.384. The molecule has 1 heterocycles. The van der Waals surface area contributed by atoms with E-state index in [9.17, 15) is 10.1 Å². The molecule has 0 spiro atoms. The van der Waals surface area contributed by atoms with E-state index in [1.54, 1.807) is 12.1 Å². The fourth-order valence-electron chi connectivity index (χ4n) is 3.68. The number of para-hydroxylation sites is 1. The minimum atomic E-state index is -0.354. The fourth-order valence-corrected chi connectivity index (χ4v) is 3.68. The number of hydrogen-bond acceptors (Lipinski definition) is 3. The van der Waals surface area contributed by atoms with Crippen molar-refractivity contribution in [1.82, 2.24) is 0 Å². The first-order valence-corrected chi connectivity index (χ1v) is 7.50. The number of anilines is 1. The number of nitrogens with zero attached hydrogens (tertiary/aromatic N) is 1. The highest BCUT2D eigenvalue weighted by atomic mass is 16.6. The van der Waals surface area contributed by atoms with Crippen LogP contribution >= 0.6 is 0 Å². The predicted molar refractivity (Wildman–Crippen MR) is 85.9 cm³/mol. The molecule has 0 aromatic heterocycles. The molecule has 0 bridgehead atoms. The van der Waals surface area contributed by atoms with Gasteiger partial charge in [0.15, 0.2) is 0 Å². The Morgan fingerprint density at radius 1 is 1.09 bits per heavy atom. The van der Waals surface area contributed by atoms with Crippen LogP contribution in [0.2, 0.25) is 0 Å². The Hall–Kier alpha value is -2.62. The number of hydrogen-bond donors (Lipinski definition) is 1. The van der Waals surface area contributed by atoms with E-state index in [1.807, 2.05) is 18.2 Å². The number of fused-ring (bicyclic) bond motifs is 3. The molecule has 2 aromatic rings. The molecule has 2 aliphatic rings. The third-order valence-corrected chi connectivity index (χ3v) is 4.74. The van der Waals surface area contributed by atoms with Gasteiger partial charge in [0.2, 0.25) is 0 Å². The van der Waals surface area contributed by atoms with E-state index in [0.29, 0.717) is 11.8 Å². The normalized spacial score (nSPS) is 25.2. The zero-order chi connectivity index (χ0) is 15.1. The molecule has 110 valence electrons. The van der Waals surface area contributed by atoms with Gasteiger partial charge in [-0.15, -0.1) is 0 Å². The van der Waals surface area contributed by atoms with E-state index in [2.05, 4.69) is 35.7 Å². The fraction of sp³-hybridized carbons (Fsp3) is 0.222. The first kappa shape index (κ1) is 13.1. The van der Waals surface area contributed by atoms with Gasteiger partial charge < -0.3 is 5.32 Å². The standard InChI is InChI=1S/C18H16N2O2/c21-20(22)13-10-8-12(9-11-13)18-16-6-3-5-14(16)15-4-1-2-7-17(15)19-18/h1-5,7-11,14,16,18-19H,6H2/t14-,16+,18-/m0/s1. The summed E-state index contributed by atoms with van der Waals surface area (Å²) in [6, 6.07) is 15.5. The van der Waals surface area contributed by atoms with Crippen molar-refractivity contribution in [3.8, 4) is 0 Å². The van der Waals surface area contributed by atoms with Gasteiger partial charge in [-0.2, -0.15) is 0 Å². The number of non-ortho nitro benzene ring substituents is 1. The SMILES string of the molecule is O=[N+]([O-])c1ccc([C@@H]2Nc3ccccc3[C@@H]3C=CC[C@H]32)cc1. The Bertz CT molecular complexity index is 752. The van der Waals surface area contributed by atoms with Crippen LogP contribution in [-0.4, -0.2) is 4.92 Å². The third-order valence-electron chi connectivity index (χ3n) is 4.74. The summed E-state index contributed by atoms with van der Waals surface area (Å²) in [4.78, 5) is 10.5. The molecule has 0 saturated heterocycles. The number of nitro benzene ring substituents is 1. The zero-order valence-corrected chi connectivity index (χ0v) is 12.0. The van der Waals surface area contributed by atoms with Gasteiger partial charge >= 0.3 is 0 Å². The van der Waals surface area contributed by atoms with Gasteiger partial charge in [0.05, 0.1) is 11.0 Å². The van der Waals surface area contributed by atoms with Crippen LogP contribution in [0.4, 0.5) is 11.4 Å². The van der Waals surface area contributed by atoms with E-state index in [4.69, 9.17) is 0 Å². The Morgan fingerprint density at radius 3 is 2.64 bits per heavy atom. The number of allylic oxidation sites excluding steroid dienone is 2. The lowest BCUT2D eigenvalue weighted by Gasteiger charge is -2.37. The monoisotopic (exact) mass is 292 g/mol. The highest BCUT2D eigenvalue weighted by Crippen LogP contribution is 2.49. The first-order chi connectivity index (χ1) is 10.7. The van der Waals surface area contributed by atoms with E-state index in [1.165, 1.54) is 11.3 Å². The molecule has 0 saturated carbocycles. The molecular formula is C18H16N2O2. The molecule has 0 amide bonds. The molecule has 22 heavy (non-hydrogen) atoms. The Labute approximate surface area is 128 Å². The van der Waals surface area contributed by atoms with Crippen LogP contribution < -0.4 is 5.32 Å². The largest absolute Gasteiger partial charge is 0.378 e. The minimum Gasteiger partial charge on any atom is -0.378 e. The van der Waals surface area contributed by atoms with Crippen molar-refractivity contribution in [2.24, 2.45) is 5.92 Å². The van der Waals surface area contributed by atoms with Crippen molar-refractivity contribution < 1.29 is 4.92 Å². The molecule has 4 rings (SSSR count). The quantitative estimate of drug-likeness (QED) is 0.506.